The molecule has 1 saturated carbocycles. The van der Waals surface area contributed by atoms with Crippen LogP contribution in [0.5, 0.6) is 0 Å². The molecule has 1 rings (SSSR count). The molecule has 6 nitrogen and oxygen atoms in total. The minimum absolute atomic E-state index is 0.155. The Balaban J connectivity index is 2.14. The van der Waals surface area contributed by atoms with Gasteiger partial charge < -0.3 is 20.5 Å². The first-order valence-corrected chi connectivity index (χ1v) is 6.89. The van der Waals surface area contributed by atoms with Gasteiger partial charge >= 0.3 is 12.0 Å². The molecule has 6 heteroatoms. The molecule has 0 aromatic carbocycles. The van der Waals surface area contributed by atoms with Gasteiger partial charge in [-0.2, -0.15) is 0 Å². The van der Waals surface area contributed by atoms with E-state index >= 15 is 0 Å². The van der Waals surface area contributed by atoms with Crippen molar-refractivity contribution in [3.8, 4) is 0 Å². The van der Waals surface area contributed by atoms with E-state index in [0.29, 0.717) is 19.3 Å². The normalized spacial score (nSPS) is 17.4. The van der Waals surface area contributed by atoms with Gasteiger partial charge in [-0.25, -0.2) is 9.59 Å². The Hall–Kier alpha value is -1.30. The third kappa shape index (κ3) is 5.92. The van der Waals surface area contributed by atoms with Gasteiger partial charge in [0.05, 0.1) is 12.7 Å². The van der Waals surface area contributed by atoms with Crippen LogP contribution in [-0.4, -0.2) is 42.4 Å². The van der Waals surface area contributed by atoms with Gasteiger partial charge in [-0.05, 0) is 18.8 Å². The molecule has 0 aliphatic heterocycles. The zero-order valence-corrected chi connectivity index (χ0v) is 11.6. The van der Waals surface area contributed by atoms with Crippen molar-refractivity contribution in [3.05, 3.63) is 0 Å². The highest BCUT2D eigenvalue weighted by atomic mass is 16.5. The number of carboxylic acids is 1. The molecule has 1 aliphatic rings. The third-order valence-corrected chi connectivity index (χ3v) is 3.26. The average molecular weight is 272 g/mol. The average Bonchev–Trinajstić information content (AvgIpc) is 2.84. The Bertz CT molecular complexity index is 301. The Morgan fingerprint density at radius 1 is 1.32 bits per heavy atom. The predicted octanol–water partition coefficient (Wildman–Crippen LogP) is 1.35. The van der Waals surface area contributed by atoms with Crippen molar-refractivity contribution in [1.29, 1.82) is 0 Å². The van der Waals surface area contributed by atoms with Gasteiger partial charge in [0.1, 0.15) is 6.04 Å². The fourth-order valence-corrected chi connectivity index (χ4v) is 2.15. The van der Waals surface area contributed by atoms with Crippen LogP contribution in [0, 0.1) is 5.92 Å². The molecule has 19 heavy (non-hydrogen) atoms. The summed E-state index contributed by atoms with van der Waals surface area (Å²) in [5, 5.41) is 14.0. The minimum atomic E-state index is -1.02. The number of aliphatic carboxylic acids is 1. The molecule has 3 N–H and O–H groups in total. The van der Waals surface area contributed by atoms with Gasteiger partial charge in [0.25, 0.3) is 0 Å². The molecule has 0 saturated heterocycles. The van der Waals surface area contributed by atoms with Gasteiger partial charge in [-0.1, -0.05) is 26.7 Å². The van der Waals surface area contributed by atoms with E-state index < -0.39 is 18.0 Å². The predicted molar refractivity (Wildman–Crippen MR) is 71.0 cm³/mol. The number of hydrogen-bond donors (Lipinski definition) is 3. The summed E-state index contributed by atoms with van der Waals surface area (Å²) in [5.41, 5.74) is 0. The Morgan fingerprint density at radius 3 is 2.47 bits per heavy atom. The Kier molecular flexibility index (Phi) is 6.62. The number of carbonyl (C=O) groups is 2. The van der Waals surface area contributed by atoms with E-state index in [2.05, 4.69) is 10.6 Å². The van der Waals surface area contributed by atoms with Crippen molar-refractivity contribution in [2.24, 2.45) is 5.92 Å². The molecule has 1 atom stereocenters. The lowest BCUT2D eigenvalue weighted by Crippen LogP contribution is -2.49. The van der Waals surface area contributed by atoms with Crippen LogP contribution in [0.2, 0.25) is 0 Å². The fraction of sp³-hybridized carbons (Fsp3) is 0.846. The van der Waals surface area contributed by atoms with E-state index in [9.17, 15) is 9.59 Å². The highest BCUT2D eigenvalue weighted by Crippen LogP contribution is 2.20. The molecule has 0 aromatic rings. The van der Waals surface area contributed by atoms with Crippen LogP contribution in [0.1, 0.15) is 39.5 Å². The number of hydrogen-bond acceptors (Lipinski definition) is 3. The van der Waals surface area contributed by atoms with Crippen LogP contribution < -0.4 is 10.6 Å². The molecule has 110 valence electrons. The van der Waals surface area contributed by atoms with Gasteiger partial charge in [-0.15, -0.1) is 0 Å². The molecular formula is C13H24N2O4. The van der Waals surface area contributed by atoms with Crippen LogP contribution in [0.4, 0.5) is 4.79 Å². The number of rotatable bonds is 7. The molecule has 0 heterocycles. The second-order valence-electron chi connectivity index (χ2n) is 5.24. The largest absolute Gasteiger partial charge is 0.480 e. The summed E-state index contributed by atoms with van der Waals surface area (Å²) in [5.74, 6) is -1.18. The molecule has 2 amide bonds. The second-order valence-corrected chi connectivity index (χ2v) is 5.24. The van der Waals surface area contributed by atoms with Crippen LogP contribution in [0.15, 0.2) is 0 Å². The highest BCUT2D eigenvalue weighted by Gasteiger charge is 2.23. The van der Waals surface area contributed by atoms with Crippen molar-refractivity contribution < 1.29 is 19.4 Å². The quantitative estimate of drug-likeness (QED) is 0.610. The maximum Gasteiger partial charge on any atom is 0.326 e. The van der Waals surface area contributed by atoms with Crippen molar-refractivity contribution in [1.82, 2.24) is 10.6 Å². The summed E-state index contributed by atoms with van der Waals surface area (Å²) < 4.78 is 5.59. The van der Waals surface area contributed by atoms with Crippen molar-refractivity contribution in [2.45, 2.75) is 51.7 Å². The summed E-state index contributed by atoms with van der Waals surface area (Å²) >= 11 is 0. The van der Waals surface area contributed by atoms with Gasteiger partial charge in [0.15, 0.2) is 0 Å². The number of ether oxygens (including phenoxy) is 1. The Labute approximate surface area is 113 Å². The molecule has 0 aromatic heterocycles. The second kappa shape index (κ2) is 7.99. The van der Waals surface area contributed by atoms with Gasteiger partial charge in [-0.3, -0.25) is 0 Å². The summed E-state index contributed by atoms with van der Waals surface area (Å²) in [6.07, 6.45) is 4.95. The zero-order valence-electron chi connectivity index (χ0n) is 11.6. The van der Waals surface area contributed by atoms with E-state index in [-0.39, 0.29) is 5.92 Å². The first-order chi connectivity index (χ1) is 9.00. The fourth-order valence-electron chi connectivity index (χ4n) is 2.15. The number of amides is 2. The standard InChI is InChI=1S/C13H24N2O4/c1-9(2)11(12(16)17)15-13(18)14-7-8-19-10-5-3-4-6-10/h9-11H,3-8H2,1-2H3,(H,16,17)(H2,14,15,18). The smallest absolute Gasteiger partial charge is 0.326 e. The van der Waals surface area contributed by atoms with Crippen molar-refractivity contribution >= 4 is 12.0 Å². The molecule has 0 bridgehead atoms. The van der Waals surface area contributed by atoms with E-state index in [1.807, 2.05) is 0 Å². The monoisotopic (exact) mass is 272 g/mol. The van der Waals surface area contributed by atoms with Crippen molar-refractivity contribution in [3.63, 3.8) is 0 Å². The van der Waals surface area contributed by atoms with Gasteiger partial charge in [0.2, 0.25) is 0 Å². The summed E-state index contributed by atoms with van der Waals surface area (Å²) in [7, 11) is 0. The number of urea groups is 1. The Morgan fingerprint density at radius 2 is 1.95 bits per heavy atom. The van der Waals surface area contributed by atoms with Crippen LogP contribution in [-0.2, 0) is 9.53 Å². The first-order valence-electron chi connectivity index (χ1n) is 6.89. The molecule has 1 fully saturated rings. The van der Waals surface area contributed by atoms with Crippen LogP contribution in [0.3, 0.4) is 0 Å². The van der Waals surface area contributed by atoms with E-state index in [1.165, 1.54) is 12.8 Å². The summed E-state index contributed by atoms with van der Waals surface area (Å²) in [6.45, 7) is 4.37. The number of nitrogens with one attached hydrogen (secondary N) is 2. The van der Waals surface area contributed by atoms with E-state index in [0.717, 1.165) is 12.8 Å². The first kappa shape index (κ1) is 15.8. The molecular weight excluding hydrogens is 248 g/mol. The maximum absolute atomic E-state index is 11.5. The van der Waals surface area contributed by atoms with Crippen molar-refractivity contribution in [2.75, 3.05) is 13.2 Å². The third-order valence-electron chi connectivity index (χ3n) is 3.26. The number of carboxylic acid groups (broad SMARTS) is 1. The highest BCUT2D eigenvalue weighted by molar-refractivity contribution is 5.82. The topological polar surface area (TPSA) is 87.7 Å². The van der Waals surface area contributed by atoms with E-state index in [4.69, 9.17) is 9.84 Å². The summed E-state index contributed by atoms with van der Waals surface area (Å²) in [6, 6.07) is -1.33. The summed E-state index contributed by atoms with van der Waals surface area (Å²) in [4.78, 5) is 22.4. The maximum atomic E-state index is 11.5. The minimum Gasteiger partial charge on any atom is -0.480 e. The lowest BCUT2D eigenvalue weighted by Gasteiger charge is -2.18. The van der Waals surface area contributed by atoms with Crippen LogP contribution >= 0.6 is 0 Å². The van der Waals surface area contributed by atoms with Gasteiger partial charge in [0, 0.05) is 6.54 Å². The van der Waals surface area contributed by atoms with Crippen LogP contribution in [0.25, 0.3) is 0 Å². The zero-order chi connectivity index (χ0) is 14.3. The van der Waals surface area contributed by atoms with E-state index in [1.54, 1.807) is 13.8 Å². The lowest BCUT2D eigenvalue weighted by molar-refractivity contribution is -0.140. The number of carbonyl (C=O) groups excluding carboxylic acids is 1. The molecule has 1 unspecified atom stereocenters. The lowest BCUT2D eigenvalue weighted by atomic mass is 10.1. The SMILES string of the molecule is CC(C)C(NC(=O)NCCOC1CCCC1)C(=O)O. The molecule has 1 aliphatic carbocycles. The molecule has 0 radical (unpaired) electrons. The molecule has 0 spiro atoms.